The molecule has 1 saturated carbocycles. The summed E-state index contributed by atoms with van der Waals surface area (Å²) in [6.07, 6.45) is 8.17. The maximum absolute atomic E-state index is 10.3. The van der Waals surface area contributed by atoms with Crippen LogP contribution in [0.5, 0.6) is 0 Å². The number of hydrogen-bond acceptors (Lipinski definition) is 2. The molecule has 3 heteroatoms. The Morgan fingerprint density at radius 1 is 1.53 bits per heavy atom. The first-order chi connectivity index (χ1) is 7.15. The van der Waals surface area contributed by atoms with E-state index in [9.17, 15) is 5.11 Å². The first kappa shape index (κ1) is 10.7. The van der Waals surface area contributed by atoms with Gasteiger partial charge >= 0.3 is 0 Å². The van der Waals surface area contributed by atoms with Crippen molar-refractivity contribution in [3.05, 3.63) is 18.0 Å². The van der Waals surface area contributed by atoms with Crippen molar-refractivity contribution >= 4 is 0 Å². The van der Waals surface area contributed by atoms with Gasteiger partial charge in [-0.1, -0.05) is 19.8 Å². The zero-order valence-electron chi connectivity index (χ0n) is 9.61. The molecular formula is C12H20N2O. The maximum atomic E-state index is 10.3. The van der Waals surface area contributed by atoms with Gasteiger partial charge < -0.3 is 5.11 Å². The van der Waals surface area contributed by atoms with E-state index < -0.39 is 0 Å². The van der Waals surface area contributed by atoms with Gasteiger partial charge in [0.25, 0.3) is 0 Å². The third-order valence-electron chi connectivity index (χ3n) is 3.70. The van der Waals surface area contributed by atoms with E-state index in [1.807, 2.05) is 10.9 Å². The Bertz CT molecular complexity index is 326. The Balaban J connectivity index is 2.15. The Labute approximate surface area is 91.1 Å². The zero-order chi connectivity index (χ0) is 10.9. The van der Waals surface area contributed by atoms with Crippen LogP contribution in [-0.4, -0.2) is 14.9 Å². The smallest absolute Gasteiger partial charge is 0.0873 e. The van der Waals surface area contributed by atoms with Gasteiger partial charge in [-0.2, -0.15) is 5.10 Å². The Morgan fingerprint density at radius 2 is 2.20 bits per heavy atom. The average Bonchev–Trinajstić information content (AvgIpc) is 2.85. The molecule has 0 amide bonds. The van der Waals surface area contributed by atoms with E-state index in [1.54, 1.807) is 6.20 Å². The highest BCUT2D eigenvalue weighted by molar-refractivity contribution is 5.12. The van der Waals surface area contributed by atoms with E-state index in [0.29, 0.717) is 0 Å². The summed E-state index contributed by atoms with van der Waals surface area (Å²) in [5.41, 5.74) is 1.04. The van der Waals surface area contributed by atoms with E-state index in [4.69, 9.17) is 0 Å². The van der Waals surface area contributed by atoms with Crippen molar-refractivity contribution in [2.45, 2.75) is 52.2 Å². The Hall–Kier alpha value is -0.830. The lowest BCUT2D eigenvalue weighted by Gasteiger charge is -2.29. The minimum atomic E-state index is -0.347. The summed E-state index contributed by atoms with van der Waals surface area (Å²) in [7, 11) is 0. The fourth-order valence-electron chi connectivity index (χ4n) is 2.55. The monoisotopic (exact) mass is 208 g/mol. The van der Waals surface area contributed by atoms with E-state index in [0.717, 1.165) is 24.9 Å². The van der Waals surface area contributed by atoms with Gasteiger partial charge in [0.2, 0.25) is 0 Å². The summed E-state index contributed by atoms with van der Waals surface area (Å²) in [4.78, 5) is 0. The number of hydrogen-bond donors (Lipinski definition) is 1. The molecule has 1 heterocycles. The molecule has 0 aliphatic heterocycles. The molecule has 0 radical (unpaired) electrons. The van der Waals surface area contributed by atoms with Crippen molar-refractivity contribution in [3.8, 4) is 0 Å². The molecule has 2 rings (SSSR count). The molecular weight excluding hydrogens is 188 g/mol. The molecule has 1 aliphatic carbocycles. The lowest BCUT2D eigenvalue weighted by molar-refractivity contribution is 0.0407. The summed E-state index contributed by atoms with van der Waals surface area (Å²) in [6.45, 7) is 5.11. The highest BCUT2D eigenvalue weighted by atomic mass is 16.3. The molecule has 1 aromatic heterocycles. The van der Waals surface area contributed by atoms with Crippen LogP contribution in [0.2, 0.25) is 0 Å². The van der Waals surface area contributed by atoms with Crippen molar-refractivity contribution in [2.75, 3.05) is 0 Å². The second-order valence-electron chi connectivity index (χ2n) is 4.89. The lowest BCUT2D eigenvalue weighted by Crippen LogP contribution is -2.21. The SMILES string of the molecule is CCn1cc(C(O)C2(C)CCCC2)cn1. The van der Waals surface area contributed by atoms with Crippen LogP contribution < -0.4 is 0 Å². The van der Waals surface area contributed by atoms with Gasteiger partial charge in [0.15, 0.2) is 0 Å². The van der Waals surface area contributed by atoms with Crippen LogP contribution in [0.25, 0.3) is 0 Å². The van der Waals surface area contributed by atoms with Gasteiger partial charge in [0.05, 0.1) is 12.3 Å². The molecule has 1 aromatic rings. The Kier molecular flexibility index (Phi) is 2.83. The number of aryl methyl sites for hydroxylation is 1. The predicted octanol–water partition coefficient (Wildman–Crippen LogP) is 2.52. The summed E-state index contributed by atoms with van der Waals surface area (Å²) in [6, 6.07) is 0. The van der Waals surface area contributed by atoms with E-state index >= 15 is 0 Å². The zero-order valence-corrected chi connectivity index (χ0v) is 9.61. The van der Waals surface area contributed by atoms with Crippen molar-refractivity contribution in [1.29, 1.82) is 0 Å². The molecule has 0 bridgehead atoms. The normalized spacial score (nSPS) is 21.8. The van der Waals surface area contributed by atoms with Gasteiger partial charge in [0.1, 0.15) is 0 Å². The average molecular weight is 208 g/mol. The summed E-state index contributed by atoms with van der Waals surface area (Å²) in [5.74, 6) is 0. The molecule has 1 atom stereocenters. The topological polar surface area (TPSA) is 38.0 Å². The molecule has 3 nitrogen and oxygen atoms in total. The predicted molar refractivity (Wildman–Crippen MR) is 59.4 cm³/mol. The molecule has 1 fully saturated rings. The fourth-order valence-corrected chi connectivity index (χ4v) is 2.55. The maximum Gasteiger partial charge on any atom is 0.0873 e. The van der Waals surface area contributed by atoms with Crippen LogP contribution in [0.4, 0.5) is 0 Å². The minimum absolute atomic E-state index is 0.0710. The van der Waals surface area contributed by atoms with Crippen LogP contribution in [-0.2, 0) is 6.54 Å². The summed E-state index contributed by atoms with van der Waals surface area (Å²) >= 11 is 0. The first-order valence-electron chi connectivity index (χ1n) is 5.86. The summed E-state index contributed by atoms with van der Waals surface area (Å²) in [5, 5.41) is 14.5. The third-order valence-corrected chi connectivity index (χ3v) is 3.70. The minimum Gasteiger partial charge on any atom is -0.388 e. The molecule has 0 spiro atoms. The second kappa shape index (κ2) is 3.97. The molecule has 1 unspecified atom stereocenters. The molecule has 1 N–H and O–H groups in total. The number of aromatic nitrogens is 2. The van der Waals surface area contributed by atoms with Crippen LogP contribution in [0.3, 0.4) is 0 Å². The number of aliphatic hydroxyl groups is 1. The first-order valence-corrected chi connectivity index (χ1v) is 5.86. The standard InChI is InChI=1S/C12H20N2O/c1-3-14-9-10(8-13-14)11(15)12(2)6-4-5-7-12/h8-9,11,15H,3-7H2,1-2H3. The van der Waals surface area contributed by atoms with E-state index in [2.05, 4.69) is 18.9 Å². The molecule has 84 valence electrons. The number of rotatable bonds is 3. The molecule has 15 heavy (non-hydrogen) atoms. The van der Waals surface area contributed by atoms with Gasteiger partial charge in [-0.3, -0.25) is 4.68 Å². The summed E-state index contributed by atoms with van der Waals surface area (Å²) < 4.78 is 1.87. The molecule has 1 aliphatic rings. The lowest BCUT2D eigenvalue weighted by atomic mass is 9.80. The van der Waals surface area contributed by atoms with Gasteiger partial charge in [-0.15, -0.1) is 0 Å². The quantitative estimate of drug-likeness (QED) is 0.828. The largest absolute Gasteiger partial charge is 0.388 e. The van der Waals surface area contributed by atoms with Gasteiger partial charge in [-0.25, -0.2) is 0 Å². The van der Waals surface area contributed by atoms with Crippen molar-refractivity contribution in [2.24, 2.45) is 5.41 Å². The van der Waals surface area contributed by atoms with Crippen LogP contribution >= 0.6 is 0 Å². The van der Waals surface area contributed by atoms with E-state index in [1.165, 1.54) is 12.8 Å². The second-order valence-corrected chi connectivity index (χ2v) is 4.89. The van der Waals surface area contributed by atoms with Crippen molar-refractivity contribution < 1.29 is 5.11 Å². The molecule has 0 aromatic carbocycles. The van der Waals surface area contributed by atoms with Crippen LogP contribution in [0.15, 0.2) is 12.4 Å². The van der Waals surface area contributed by atoms with Crippen molar-refractivity contribution in [3.63, 3.8) is 0 Å². The highest BCUT2D eigenvalue weighted by Gasteiger charge is 2.37. The molecule has 0 saturated heterocycles. The number of aliphatic hydroxyl groups excluding tert-OH is 1. The van der Waals surface area contributed by atoms with Crippen LogP contribution in [0.1, 0.15) is 51.2 Å². The van der Waals surface area contributed by atoms with Crippen LogP contribution in [0, 0.1) is 5.41 Å². The number of nitrogens with zero attached hydrogens (tertiary/aromatic N) is 2. The van der Waals surface area contributed by atoms with Gasteiger partial charge in [-0.05, 0) is 25.2 Å². The van der Waals surface area contributed by atoms with E-state index in [-0.39, 0.29) is 11.5 Å². The van der Waals surface area contributed by atoms with Crippen molar-refractivity contribution in [1.82, 2.24) is 9.78 Å². The fraction of sp³-hybridized carbons (Fsp3) is 0.750. The highest BCUT2D eigenvalue weighted by Crippen LogP contribution is 2.46. The third kappa shape index (κ3) is 1.93. The van der Waals surface area contributed by atoms with Gasteiger partial charge in [0, 0.05) is 18.3 Å². The Morgan fingerprint density at radius 3 is 2.73 bits per heavy atom.